The van der Waals surface area contributed by atoms with Crippen LogP contribution >= 0.6 is 0 Å². The Morgan fingerprint density at radius 2 is 1.78 bits per heavy atom. The van der Waals surface area contributed by atoms with Gasteiger partial charge in [-0.3, -0.25) is 4.79 Å². The van der Waals surface area contributed by atoms with Gasteiger partial charge in [-0.15, -0.1) is 0 Å². The van der Waals surface area contributed by atoms with Crippen LogP contribution in [0.3, 0.4) is 0 Å². The van der Waals surface area contributed by atoms with E-state index in [1.165, 1.54) is 25.3 Å². The lowest BCUT2D eigenvalue weighted by Crippen LogP contribution is -1.96. The average molecular weight is 249 g/mol. The molecule has 0 saturated heterocycles. The molecular formula is C13H9F2NO2. The van der Waals surface area contributed by atoms with Gasteiger partial charge in [-0.2, -0.15) is 0 Å². The van der Waals surface area contributed by atoms with Gasteiger partial charge in [0.15, 0.2) is 5.78 Å². The van der Waals surface area contributed by atoms with Crippen molar-refractivity contribution in [2.45, 2.75) is 6.92 Å². The molecule has 5 heteroatoms. The summed E-state index contributed by atoms with van der Waals surface area (Å²) in [5.74, 6) is -1.29. The van der Waals surface area contributed by atoms with Gasteiger partial charge >= 0.3 is 0 Å². The predicted molar refractivity (Wildman–Crippen MR) is 60.7 cm³/mol. The second-order valence-electron chi connectivity index (χ2n) is 3.64. The van der Waals surface area contributed by atoms with Crippen molar-refractivity contribution in [2.24, 2.45) is 0 Å². The Kier molecular flexibility index (Phi) is 3.32. The minimum atomic E-state index is -0.724. The van der Waals surface area contributed by atoms with Crippen molar-refractivity contribution < 1.29 is 18.3 Å². The molecule has 0 amide bonds. The Morgan fingerprint density at radius 3 is 2.28 bits per heavy atom. The summed E-state index contributed by atoms with van der Waals surface area (Å²) < 4.78 is 31.1. The molecular weight excluding hydrogens is 240 g/mol. The molecule has 0 aliphatic rings. The summed E-state index contributed by atoms with van der Waals surface area (Å²) in [4.78, 5) is 14.9. The van der Waals surface area contributed by atoms with Crippen LogP contribution in [0.15, 0.2) is 36.5 Å². The molecule has 0 unspecified atom stereocenters. The summed E-state index contributed by atoms with van der Waals surface area (Å²) in [5.41, 5.74) is 0.299. The Labute approximate surface area is 102 Å². The number of rotatable bonds is 3. The number of nitrogens with zero attached hydrogens (tertiary/aromatic N) is 1. The third-order valence-electron chi connectivity index (χ3n) is 2.17. The van der Waals surface area contributed by atoms with E-state index in [1.807, 2.05) is 0 Å². The molecule has 0 atom stereocenters. The van der Waals surface area contributed by atoms with Crippen LogP contribution in [0, 0.1) is 11.6 Å². The molecule has 0 aliphatic heterocycles. The first-order valence-corrected chi connectivity index (χ1v) is 5.15. The first kappa shape index (κ1) is 12.2. The third kappa shape index (κ3) is 2.88. The summed E-state index contributed by atoms with van der Waals surface area (Å²) in [6.07, 6.45) is 1.32. The molecule has 0 fully saturated rings. The number of aromatic nitrogens is 1. The Bertz CT molecular complexity index is 562. The summed E-state index contributed by atoms with van der Waals surface area (Å²) in [6.45, 7) is 1.39. The van der Waals surface area contributed by atoms with Crippen LogP contribution in [-0.4, -0.2) is 10.8 Å². The number of ether oxygens (including phenoxy) is 1. The molecule has 0 bridgehead atoms. The Balaban J connectivity index is 2.20. The molecule has 1 aromatic carbocycles. The van der Waals surface area contributed by atoms with Gasteiger partial charge in [0.1, 0.15) is 28.8 Å². The van der Waals surface area contributed by atoms with Gasteiger partial charge in [0, 0.05) is 25.1 Å². The molecule has 1 aromatic heterocycles. The third-order valence-corrected chi connectivity index (χ3v) is 2.17. The number of hydrogen-bond donors (Lipinski definition) is 0. The molecule has 0 aliphatic carbocycles. The van der Waals surface area contributed by atoms with Gasteiger partial charge < -0.3 is 4.74 Å². The van der Waals surface area contributed by atoms with Crippen molar-refractivity contribution in [2.75, 3.05) is 0 Å². The van der Waals surface area contributed by atoms with Crippen LogP contribution in [-0.2, 0) is 0 Å². The van der Waals surface area contributed by atoms with E-state index in [-0.39, 0.29) is 11.5 Å². The molecule has 1 heterocycles. The number of ketones is 1. The van der Waals surface area contributed by atoms with Crippen LogP contribution in [0.1, 0.15) is 17.4 Å². The van der Waals surface area contributed by atoms with Crippen molar-refractivity contribution >= 4 is 5.78 Å². The lowest BCUT2D eigenvalue weighted by Gasteiger charge is -2.05. The van der Waals surface area contributed by atoms with Crippen LogP contribution in [0.5, 0.6) is 11.5 Å². The summed E-state index contributed by atoms with van der Waals surface area (Å²) >= 11 is 0. The number of pyridine rings is 1. The van der Waals surface area contributed by atoms with Crippen molar-refractivity contribution in [1.82, 2.24) is 4.98 Å². The van der Waals surface area contributed by atoms with E-state index in [4.69, 9.17) is 4.74 Å². The summed E-state index contributed by atoms with van der Waals surface area (Å²) in [7, 11) is 0. The summed E-state index contributed by atoms with van der Waals surface area (Å²) in [6, 6.07) is 5.85. The van der Waals surface area contributed by atoms with Crippen molar-refractivity contribution in [1.29, 1.82) is 0 Å². The smallest absolute Gasteiger partial charge is 0.178 e. The van der Waals surface area contributed by atoms with Crippen molar-refractivity contribution in [3.8, 4) is 11.5 Å². The van der Waals surface area contributed by atoms with Crippen LogP contribution in [0.4, 0.5) is 8.78 Å². The Morgan fingerprint density at radius 1 is 1.11 bits per heavy atom. The molecule has 3 nitrogen and oxygen atoms in total. The molecule has 0 spiro atoms. The van der Waals surface area contributed by atoms with E-state index in [9.17, 15) is 13.6 Å². The monoisotopic (exact) mass is 249 g/mol. The lowest BCUT2D eigenvalue weighted by atomic mass is 10.3. The minimum absolute atomic E-state index is 0.0323. The average Bonchev–Trinajstić information content (AvgIpc) is 2.28. The topological polar surface area (TPSA) is 39.2 Å². The lowest BCUT2D eigenvalue weighted by molar-refractivity contribution is 0.101. The van der Waals surface area contributed by atoms with E-state index in [1.54, 1.807) is 0 Å². The number of carbonyl (C=O) groups is 1. The van der Waals surface area contributed by atoms with Crippen LogP contribution < -0.4 is 4.74 Å². The van der Waals surface area contributed by atoms with E-state index in [2.05, 4.69) is 4.98 Å². The maximum Gasteiger partial charge on any atom is 0.178 e. The largest absolute Gasteiger partial charge is 0.456 e. The number of benzene rings is 1. The zero-order valence-corrected chi connectivity index (χ0v) is 9.48. The molecule has 18 heavy (non-hydrogen) atoms. The van der Waals surface area contributed by atoms with Crippen LogP contribution in [0.2, 0.25) is 0 Å². The van der Waals surface area contributed by atoms with Gasteiger partial charge in [0.05, 0.1) is 6.20 Å². The standard InChI is InChI=1S/C13H9F2NO2/c1-8(17)13-3-2-11(7-16-13)18-12-5-9(14)4-10(15)6-12/h2-7H,1H3. The highest BCUT2D eigenvalue weighted by atomic mass is 19.1. The van der Waals surface area contributed by atoms with Crippen LogP contribution in [0.25, 0.3) is 0 Å². The zero-order chi connectivity index (χ0) is 13.1. The van der Waals surface area contributed by atoms with Crippen molar-refractivity contribution in [3.63, 3.8) is 0 Å². The first-order valence-electron chi connectivity index (χ1n) is 5.15. The highest BCUT2D eigenvalue weighted by Gasteiger charge is 2.05. The fraction of sp³-hybridized carbons (Fsp3) is 0.0769. The second-order valence-corrected chi connectivity index (χ2v) is 3.64. The predicted octanol–water partition coefficient (Wildman–Crippen LogP) is 3.35. The fourth-order valence-electron chi connectivity index (χ4n) is 1.37. The van der Waals surface area contributed by atoms with E-state index >= 15 is 0 Å². The molecule has 92 valence electrons. The molecule has 0 N–H and O–H groups in total. The van der Waals surface area contributed by atoms with E-state index < -0.39 is 11.6 Å². The zero-order valence-electron chi connectivity index (χ0n) is 9.48. The summed E-state index contributed by atoms with van der Waals surface area (Å²) in [5, 5.41) is 0. The molecule has 2 aromatic rings. The van der Waals surface area contributed by atoms with Gasteiger partial charge in [-0.1, -0.05) is 0 Å². The van der Waals surface area contributed by atoms with Gasteiger partial charge in [-0.25, -0.2) is 13.8 Å². The fourth-order valence-corrected chi connectivity index (χ4v) is 1.37. The molecule has 2 rings (SSSR count). The number of halogens is 2. The number of carbonyl (C=O) groups excluding carboxylic acids is 1. The number of Topliss-reactive ketones (excluding diaryl/α,β-unsaturated/α-hetero) is 1. The normalized spacial score (nSPS) is 10.2. The maximum absolute atomic E-state index is 12.9. The Hall–Kier alpha value is -2.30. The molecule has 0 saturated carbocycles. The highest BCUT2D eigenvalue weighted by Crippen LogP contribution is 2.22. The first-order chi connectivity index (χ1) is 8.54. The van der Waals surface area contributed by atoms with Gasteiger partial charge in [-0.05, 0) is 12.1 Å². The van der Waals surface area contributed by atoms with E-state index in [0.717, 1.165) is 18.2 Å². The minimum Gasteiger partial charge on any atom is -0.456 e. The van der Waals surface area contributed by atoms with E-state index in [0.29, 0.717) is 11.4 Å². The second kappa shape index (κ2) is 4.91. The SMILES string of the molecule is CC(=O)c1ccc(Oc2cc(F)cc(F)c2)cn1. The highest BCUT2D eigenvalue weighted by molar-refractivity contribution is 5.92. The van der Waals surface area contributed by atoms with Crippen molar-refractivity contribution in [3.05, 3.63) is 53.9 Å². The van der Waals surface area contributed by atoms with Gasteiger partial charge in [0.25, 0.3) is 0 Å². The maximum atomic E-state index is 12.9. The quantitative estimate of drug-likeness (QED) is 0.783. The number of hydrogen-bond acceptors (Lipinski definition) is 3. The van der Waals surface area contributed by atoms with Gasteiger partial charge in [0.2, 0.25) is 0 Å². The molecule has 0 radical (unpaired) electrons.